The first kappa shape index (κ1) is 14.6. The van der Waals surface area contributed by atoms with Crippen molar-refractivity contribution in [2.24, 2.45) is 0 Å². The maximum absolute atomic E-state index is 10.2. The molecule has 1 spiro atoms. The molecule has 2 fully saturated rings. The largest absolute Gasteiger partial charge is 0.388 e. The summed E-state index contributed by atoms with van der Waals surface area (Å²) in [6.07, 6.45) is 5.06. The molecule has 2 N–H and O–H groups in total. The number of nitrogens with one attached hydrogen (secondary N) is 1. The average Bonchev–Trinajstić information content (AvgIpc) is 2.75. The maximum atomic E-state index is 10.2. The minimum atomic E-state index is -0.628. The standard InChI is InChI=1S/C13H25NO3S/c1-12(15,10-18-2)8-14-11-3-5-17-13(7-11)4-6-16-9-13/h11,14-15H,3-10H2,1-2H3. The van der Waals surface area contributed by atoms with Gasteiger partial charge in [0.15, 0.2) is 0 Å². The van der Waals surface area contributed by atoms with E-state index in [4.69, 9.17) is 9.47 Å². The fourth-order valence-corrected chi connectivity index (χ4v) is 3.52. The number of aliphatic hydroxyl groups is 1. The summed E-state index contributed by atoms with van der Waals surface area (Å²) in [5, 5.41) is 13.7. The molecule has 4 nitrogen and oxygen atoms in total. The van der Waals surface area contributed by atoms with Gasteiger partial charge in [-0.3, -0.25) is 0 Å². The molecule has 18 heavy (non-hydrogen) atoms. The van der Waals surface area contributed by atoms with Gasteiger partial charge < -0.3 is 19.9 Å². The van der Waals surface area contributed by atoms with Crippen molar-refractivity contribution in [3.05, 3.63) is 0 Å². The van der Waals surface area contributed by atoms with Crippen molar-refractivity contribution in [3.63, 3.8) is 0 Å². The summed E-state index contributed by atoms with van der Waals surface area (Å²) in [6, 6.07) is 0.439. The van der Waals surface area contributed by atoms with Crippen molar-refractivity contribution in [2.75, 3.05) is 38.4 Å². The van der Waals surface area contributed by atoms with Crippen LogP contribution in [0.1, 0.15) is 26.2 Å². The van der Waals surface area contributed by atoms with E-state index in [2.05, 4.69) is 5.32 Å². The van der Waals surface area contributed by atoms with Crippen molar-refractivity contribution in [3.8, 4) is 0 Å². The topological polar surface area (TPSA) is 50.7 Å². The quantitative estimate of drug-likeness (QED) is 0.785. The highest BCUT2D eigenvalue weighted by Gasteiger charge is 2.41. The van der Waals surface area contributed by atoms with Crippen LogP contribution in [-0.2, 0) is 9.47 Å². The van der Waals surface area contributed by atoms with E-state index in [0.29, 0.717) is 12.6 Å². The zero-order valence-electron chi connectivity index (χ0n) is 11.4. The van der Waals surface area contributed by atoms with Crippen molar-refractivity contribution < 1.29 is 14.6 Å². The first-order valence-corrected chi connectivity index (χ1v) is 8.11. The second kappa shape index (κ2) is 6.09. The molecule has 0 aliphatic carbocycles. The molecule has 0 aromatic rings. The lowest BCUT2D eigenvalue weighted by Crippen LogP contribution is -2.51. The van der Waals surface area contributed by atoms with Crippen molar-refractivity contribution >= 4 is 11.8 Å². The molecule has 2 rings (SSSR count). The van der Waals surface area contributed by atoms with Crippen molar-refractivity contribution in [1.29, 1.82) is 0 Å². The Morgan fingerprint density at radius 3 is 3.00 bits per heavy atom. The van der Waals surface area contributed by atoms with Crippen LogP contribution in [0.5, 0.6) is 0 Å². The van der Waals surface area contributed by atoms with Gasteiger partial charge in [0, 0.05) is 38.0 Å². The van der Waals surface area contributed by atoms with Gasteiger partial charge in [-0.1, -0.05) is 0 Å². The van der Waals surface area contributed by atoms with E-state index >= 15 is 0 Å². The lowest BCUT2D eigenvalue weighted by molar-refractivity contribution is -0.0908. The Kier molecular flexibility index (Phi) is 4.94. The lowest BCUT2D eigenvalue weighted by Gasteiger charge is -2.38. The van der Waals surface area contributed by atoms with E-state index in [1.807, 2.05) is 13.2 Å². The van der Waals surface area contributed by atoms with Gasteiger partial charge >= 0.3 is 0 Å². The van der Waals surface area contributed by atoms with Gasteiger partial charge in [0.25, 0.3) is 0 Å². The fourth-order valence-electron chi connectivity index (χ4n) is 2.79. The van der Waals surface area contributed by atoms with Crippen LogP contribution in [0.4, 0.5) is 0 Å². The van der Waals surface area contributed by atoms with Crippen LogP contribution in [-0.4, -0.2) is 60.7 Å². The van der Waals surface area contributed by atoms with Crippen molar-refractivity contribution in [1.82, 2.24) is 5.32 Å². The first-order chi connectivity index (χ1) is 8.55. The van der Waals surface area contributed by atoms with E-state index in [1.165, 1.54) is 0 Å². The van der Waals surface area contributed by atoms with E-state index < -0.39 is 5.60 Å². The van der Waals surface area contributed by atoms with Gasteiger partial charge in [-0.2, -0.15) is 11.8 Å². The Bertz CT molecular complexity index is 267. The number of ether oxygens (including phenoxy) is 2. The number of thioether (sulfide) groups is 1. The highest BCUT2D eigenvalue weighted by Crippen LogP contribution is 2.32. The summed E-state index contributed by atoms with van der Waals surface area (Å²) in [5.41, 5.74) is -0.682. The summed E-state index contributed by atoms with van der Waals surface area (Å²) in [7, 11) is 0. The van der Waals surface area contributed by atoms with Crippen LogP contribution >= 0.6 is 11.8 Å². The van der Waals surface area contributed by atoms with Crippen LogP contribution in [0.25, 0.3) is 0 Å². The summed E-state index contributed by atoms with van der Waals surface area (Å²) in [4.78, 5) is 0. The zero-order valence-corrected chi connectivity index (χ0v) is 12.2. The van der Waals surface area contributed by atoms with Crippen LogP contribution in [0.15, 0.2) is 0 Å². The lowest BCUT2D eigenvalue weighted by atomic mass is 9.89. The highest BCUT2D eigenvalue weighted by molar-refractivity contribution is 7.98. The molecule has 0 bridgehead atoms. The van der Waals surface area contributed by atoms with E-state index in [-0.39, 0.29) is 5.60 Å². The molecule has 5 heteroatoms. The van der Waals surface area contributed by atoms with E-state index in [0.717, 1.165) is 44.8 Å². The molecule has 3 unspecified atom stereocenters. The molecule has 2 heterocycles. The maximum Gasteiger partial charge on any atom is 0.0951 e. The van der Waals surface area contributed by atoms with E-state index in [9.17, 15) is 5.11 Å². The van der Waals surface area contributed by atoms with Crippen LogP contribution < -0.4 is 5.32 Å². The van der Waals surface area contributed by atoms with Gasteiger partial charge in [-0.05, 0) is 26.0 Å². The van der Waals surface area contributed by atoms with Gasteiger partial charge in [-0.25, -0.2) is 0 Å². The molecule has 0 saturated carbocycles. The minimum Gasteiger partial charge on any atom is -0.388 e. The zero-order chi connectivity index (χ0) is 13.1. The van der Waals surface area contributed by atoms with Crippen LogP contribution in [0.3, 0.4) is 0 Å². The van der Waals surface area contributed by atoms with Gasteiger partial charge in [0.1, 0.15) is 0 Å². The Morgan fingerprint density at radius 2 is 2.33 bits per heavy atom. The van der Waals surface area contributed by atoms with Gasteiger partial charge in [0.05, 0.1) is 17.8 Å². The Balaban J connectivity index is 1.79. The van der Waals surface area contributed by atoms with Crippen LogP contribution in [0, 0.1) is 0 Å². The summed E-state index contributed by atoms with van der Waals surface area (Å²) >= 11 is 1.68. The highest BCUT2D eigenvalue weighted by atomic mass is 32.2. The molecule has 0 aromatic heterocycles. The third-order valence-corrected chi connectivity index (χ3v) is 4.70. The van der Waals surface area contributed by atoms with Crippen molar-refractivity contribution in [2.45, 2.75) is 43.4 Å². The van der Waals surface area contributed by atoms with Crippen LogP contribution in [0.2, 0.25) is 0 Å². The summed E-state index contributed by atoms with van der Waals surface area (Å²) < 4.78 is 11.4. The summed E-state index contributed by atoms with van der Waals surface area (Å²) in [5.74, 6) is 0.761. The SMILES string of the molecule is CSCC(C)(O)CNC1CCOC2(CCOC2)C1. The minimum absolute atomic E-state index is 0.0543. The molecule has 2 saturated heterocycles. The molecule has 3 atom stereocenters. The Morgan fingerprint density at radius 1 is 1.50 bits per heavy atom. The molecule has 106 valence electrons. The molecule has 0 aromatic carbocycles. The third kappa shape index (κ3) is 3.84. The van der Waals surface area contributed by atoms with Gasteiger partial charge in [-0.15, -0.1) is 0 Å². The molecule has 2 aliphatic heterocycles. The summed E-state index contributed by atoms with van der Waals surface area (Å²) in [6.45, 7) is 4.88. The average molecular weight is 275 g/mol. The first-order valence-electron chi connectivity index (χ1n) is 6.72. The second-order valence-corrected chi connectivity index (χ2v) is 6.70. The molecule has 2 aliphatic rings. The predicted octanol–water partition coefficient (Wildman–Crippen LogP) is 1.03. The van der Waals surface area contributed by atoms with E-state index in [1.54, 1.807) is 11.8 Å². The molecule has 0 amide bonds. The fraction of sp³-hybridized carbons (Fsp3) is 1.00. The molecule has 0 radical (unpaired) electrons. The third-order valence-electron chi connectivity index (χ3n) is 3.79. The normalized spacial score (nSPS) is 35.8. The molecular weight excluding hydrogens is 250 g/mol. The van der Waals surface area contributed by atoms with Gasteiger partial charge in [0.2, 0.25) is 0 Å². The molecular formula is C13H25NO3S. The Labute approximate surface area is 114 Å². The predicted molar refractivity (Wildman–Crippen MR) is 74.1 cm³/mol. The Hall–Kier alpha value is 0.190. The second-order valence-electron chi connectivity index (χ2n) is 5.83. The smallest absolute Gasteiger partial charge is 0.0951 e. The number of rotatable bonds is 5. The monoisotopic (exact) mass is 275 g/mol. The number of hydrogen-bond acceptors (Lipinski definition) is 5. The number of hydrogen-bond donors (Lipinski definition) is 2.